The van der Waals surface area contributed by atoms with Crippen molar-refractivity contribution < 1.29 is 24.2 Å². The zero-order chi connectivity index (χ0) is 27.9. The van der Waals surface area contributed by atoms with Gasteiger partial charge in [0.1, 0.15) is 24.2 Å². The molecule has 3 unspecified atom stereocenters. The Morgan fingerprint density at radius 3 is 2.44 bits per heavy atom. The number of nitrogens with one attached hydrogen (secondary N) is 1. The summed E-state index contributed by atoms with van der Waals surface area (Å²) in [4.78, 5) is 24.9. The van der Waals surface area contributed by atoms with Crippen molar-refractivity contribution in [1.29, 1.82) is 0 Å². The molecule has 3 atom stereocenters. The molecular formula is C32H38N2O5. The average molecular weight is 531 g/mol. The number of benzene rings is 3. The second-order valence-corrected chi connectivity index (χ2v) is 10.7. The Kier molecular flexibility index (Phi) is 9.12. The standard InChI is InChI=1S/C32H38N2O5/c1-21(2)18-28(33-25-12-10-24(11-13-25)32(37)34(4)17-16-30(35)36)31-22(3)27-19-26(14-15-29(27)39-31)38-20-23-8-6-5-7-9-23/h5-15,19,21-22,28,31,33H,16-18,20H2,1-4H3,(H,35,36). The smallest absolute Gasteiger partial charge is 0.305 e. The predicted octanol–water partition coefficient (Wildman–Crippen LogP) is 6.20. The monoisotopic (exact) mass is 530 g/mol. The Labute approximate surface area is 230 Å². The highest BCUT2D eigenvalue weighted by molar-refractivity contribution is 5.94. The summed E-state index contributed by atoms with van der Waals surface area (Å²) in [6.07, 6.45) is 0.774. The molecule has 0 saturated heterocycles. The van der Waals surface area contributed by atoms with E-state index in [1.807, 2.05) is 42.5 Å². The zero-order valence-corrected chi connectivity index (χ0v) is 23.1. The first-order chi connectivity index (χ1) is 18.7. The SMILES string of the molecule is CC(C)CC(Nc1ccc(C(=O)N(C)CCC(=O)O)cc1)C1Oc2ccc(OCc3ccccc3)cc2C1C. The fraction of sp³-hybridized carbons (Fsp3) is 0.375. The number of carbonyl (C=O) groups is 2. The molecule has 0 spiro atoms. The molecule has 0 saturated carbocycles. The Hall–Kier alpha value is -4.00. The second-order valence-electron chi connectivity index (χ2n) is 10.7. The molecule has 1 heterocycles. The van der Waals surface area contributed by atoms with Gasteiger partial charge in [-0.3, -0.25) is 9.59 Å². The molecule has 3 aromatic rings. The minimum absolute atomic E-state index is 0.0564. The van der Waals surface area contributed by atoms with E-state index in [0.29, 0.717) is 18.1 Å². The highest BCUT2D eigenvalue weighted by atomic mass is 16.5. The third-order valence-electron chi connectivity index (χ3n) is 7.09. The maximum absolute atomic E-state index is 12.7. The van der Waals surface area contributed by atoms with E-state index in [2.05, 4.69) is 44.3 Å². The van der Waals surface area contributed by atoms with Crippen LogP contribution in [0.2, 0.25) is 0 Å². The van der Waals surface area contributed by atoms with Crippen molar-refractivity contribution in [2.24, 2.45) is 5.92 Å². The summed E-state index contributed by atoms with van der Waals surface area (Å²) >= 11 is 0. The van der Waals surface area contributed by atoms with Gasteiger partial charge in [-0.25, -0.2) is 0 Å². The molecule has 7 nitrogen and oxygen atoms in total. The summed E-state index contributed by atoms with van der Waals surface area (Å²) in [6, 6.07) is 23.6. The quantitative estimate of drug-likeness (QED) is 0.290. The summed E-state index contributed by atoms with van der Waals surface area (Å²) in [5, 5.41) is 12.5. The lowest BCUT2D eigenvalue weighted by Crippen LogP contribution is -2.39. The third kappa shape index (κ3) is 7.31. The van der Waals surface area contributed by atoms with Crippen LogP contribution < -0.4 is 14.8 Å². The van der Waals surface area contributed by atoms with Gasteiger partial charge in [-0.1, -0.05) is 51.1 Å². The van der Waals surface area contributed by atoms with Crippen LogP contribution in [0.1, 0.15) is 61.0 Å². The molecule has 2 N–H and O–H groups in total. The molecule has 0 radical (unpaired) electrons. The van der Waals surface area contributed by atoms with Gasteiger partial charge in [0.2, 0.25) is 0 Å². The highest BCUT2D eigenvalue weighted by Crippen LogP contribution is 2.42. The maximum atomic E-state index is 12.7. The van der Waals surface area contributed by atoms with E-state index in [-0.39, 0.29) is 36.9 Å². The molecule has 0 bridgehead atoms. The van der Waals surface area contributed by atoms with Gasteiger partial charge in [-0.15, -0.1) is 0 Å². The molecule has 1 aliphatic heterocycles. The second kappa shape index (κ2) is 12.7. The van der Waals surface area contributed by atoms with Gasteiger partial charge in [0, 0.05) is 36.3 Å². The molecule has 7 heteroatoms. The van der Waals surface area contributed by atoms with Gasteiger partial charge in [0.25, 0.3) is 5.91 Å². The van der Waals surface area contributed by atoms with Crippen molar-refractivity contribution in [3.63, 3.8) is 0 Å². The molecule has 0 aromatic heterocycles. The van der Waals surface area contributed by atoms with Gasteiger partial charge >= 0.3 is 5.97 Å². The van der Waals surface area contributed by atoms with E-state index in [4.69, 9.17) is 14.6 Å². The maximum Gasteiger partial charge on any atom is 0.305 e. The number of carboxylic acid groups (broad SMARTS) is 1. The van der Waals surface area contributed by atoms with Crippen molar-refractivity contribution in [1.82, 2.24) is 4.90 Å². The van der Waals surface area contributed by atoms with Gasteiger partial charge < -0.3 is 24.8 Å². The van der Waals surface area contributed by atoms with Gasteiger partial charge in [0.15, 0.2) is 0 Å². The first-order valence-corrected chi connectivity index (χ1v) is 13.5. The van der Waals surface area contributed by atoms with Crippen LogP contribution in [0.5, 0.6) is 11.5 Å². The molecule has 1 amide bonds. The van der Waals surface area contributed by atoms with Crippen molar-refractivity contribution in [3.8, 4) is 11.5 Å². The molecule has 206 valence electrons. The molecule has 3 aromatic carbocycles. The Balaban J connectivity index is 1.43. The first kappa shape index (κ1) is 28.0. The van der Waals surface area contributed by atoms with Crippen LogP contribution in [0.3, 0.4) is 0 Å². The van der Waals surface area contributed by atoms with E-state index < -0.39 is 5.97 Å². The number of ether oxygens (including phenoxy) is 2. The minimum Gasteiger partial charge on any atom is -0.489 e. The van der Waals surface area contributed by atoms with Crippen LogP contribution in [-0.4, -0.2) is 47.6 Å². The minimum atomic E-state index is -0.924. The number of aliphatic carboxylic acids is 1. The highest BCUT2D eigenvalue weighted by Gasteiger charge is 2.37. The molecule has 0 fully saturated rings. The Morgan fingerprint density at radius 1 is 1.05 bits per heavy atom. The number of hydrogen-bond donors (Lipinski definition) is 2. The number of fused-ring (bicyclic) bond motifs is 1. The van der Waals surface area contributed by atoms with Gasteiger partial charge in [0.05, 0.1) is 12.5 Å². The van der Waals surface area contributed by atoms with Crippen LogP contribution in [0.15, 0.2) is 72.8 Å². The normalized spacial score (nSPS) is 16.7. The van der Waals surface area contributed by atoms with Gasteiger partial charge in [-0.05, 0) is 60.4 Å². The summed E-state index contributed by atoms with van der Waals surface area (Å²) in [6.45, 7) is 7.28. The van der Waals surface area contributed by atoms with Crippen molar-refractivity contribution in [2.75, 3.05) is 18.9 Å². The summed E-state index contributed by atoms with van der Waals surface area (Å²) in [5.41, 5.74) is 3.70. The molecule has 0 aliphatic carbocycles. The fourth-order valence-corrected chi connectivity index (χ4v) is 4.97. The number of carboxylic acids is 1. The van der Waals surface area contributed by atoms with Crippen LogP contribution in [0.4, 0.5) is 5.69 Å². The van der Waals surface area contributed by atoms with Crippen LogP contribution >= 0.6 is 0 Å². The van der Waals surface area contributed by atoms with Crippen molar-refractivity contribution in [3.05, 3.63) is 89.5 Å². The van der Waals surface area contributed by atoms with E-state index in [1.165, 1.54) is 4.90 Å². The van der Waals surface area contributed by atoms with E-state index in [9.17, 15) is 9.59 Å². The third-order valence-corrected chi connectivity index (χ3v) is 7.09. The van der Waals surface area contributed by atoms with Crippen molar-refractivity contribution in [2.45, 2.75) is 58.3 Å². The number of carbonyl (C=O) groups excluding carboxylic acids is 1. The lowest BCUT2D eigenvalue weighted by Gasteiger charge is -2.29. The number of nitrogens with zero attached hydrogens (tertiary/aromatic N) is 1. The van der Waals surface area contributed by atoms with Gasteiger partial charge in [-0.2, -0.15) is 0 Å². The lowest BCUT2D eigenvalue weighted by molar-refractivity contribution is -0.137. The van der Waals surface area contributed by atoms with E-state index >= 15 is 0 Å². The predicted molar refractivity (Wildman–Crippen MR) is 153 cm³/mol. The van der Waals surface area contributed by atoms with E-state index in [0.717, 1.165) is 34.7 Å². The molecule has 4 rings (SSSR count). The first-order valence-electron chi connectivity index (χ1n) is 13.5. The average Bonchev–Trinajstić information content (AvgIpc) is 3.26. The largest absolute Gasteiger partial charge is 0.489 e. The van der Waals surface area contributed by atoms with E-state index in [1.54, 1.807) is 19.2 Å². The lowest BCUT2D eigenvalue weighted by atomic mass is 9.88. The summed E-state index contributed by atoms with van der Waals surface area (Å²) in [5.74, 6) is 1.22. The Bertz CT molecular complexity index is 1260. The topological polar surface area (TPSA) is 88.1 Å². The van der Waals surface area contributed by atoms with Crippen LogP contribution in [-0.2, 0) is 11.4 Å². The summed E-state index contributed by atoms with van der Waals surface area (Å²) < 4.78 is 12.5. The van der Waals surface area contributed by atoms with Crippen LogP contribution in [0, 0.1) is 5.92 Å². The summed E-state index contributed by atoms with van der Waals surface area (Å²) in [7, 11) is 1.62. The molecular weight excluding hydrogens is 492 g/mol. The number of hydrogen-bond acceptors (Lipinski definition) is 5. The zero-order valence-electron chi connectivity index (χ0n) is 23.1. The number of amides is 1. The molecule has 39 heavy (non-hydrogen) atoms. The Morgan fingerprint density at radius 2 is 1.77 bits per heavy atom. The fourth-order valence-electron chi connectivity index (χ4n) is 4.97. The number of rotatable bonds is 12. The van der Waals surface area contributed by atoms with Crippen molar-refractivity contribution >= 4 is 17.6 Å². The van der Waals surface area contributed by atoms with Crippen LogP contribution in [0.25, 0.3) is 0 Å². The molecule has 1 aliphatic rings. The number of anilines is 1.